The second-order valence-corrected chi connectivity index (χ2v) is 7.45. The highest BCUT2D eigenvalue weighted by atomic mass is 32.2. The standard InChI is InChI=1S/C16H9F4N3O3S2/c17-9-2-3-10-13(6-9)28-15(21-10)22-14(24)7-27-12-4-1-8(16(18,19)20)5-11(12)23(25)26/h1-6H,7H2,(H,21,22,24). The van der Waals surface area contributed by atoms with E-state index in [1.54, 1.807) is 0 Å². The highest BCUT2D eigenvalue weighted by Crippen LogP contribution is 2.36. The first-order valence-corrected chi connectivity index (χ1v) is 9.28. The number of aromatic nitrogens is 1. The van der Waals surface area contributed by atoms with Gasteiger partial charge in [-0.1, -0.05) is 11.3 Å². The van der Waals surface area contributed by atoms with Gasteiger partial charge in [0.1, 0.15) is 5.82 Å². The number of rotatable bonds is 5. The topological polar surface area (TPSA) is 85.1 Å². The van der Waals surface area contributed by atoms with E-state index in [1.165, 1.54) is 18.2 Å². The van der Waals surface area contributed by atoms with Gasteiger partial charge in [0.05, 0.1) is 31.4 Å². The van der Waals surface area contributed by atoms with Crippen molar-refractivity contribution < 1.29 is 27.3 Å². The summed E-state index contributed by atoms with van der Waals surface area (Å²) in [7, 11) is 0. The van der Waals surface area contributed by atoms with E-state index in [0.29, 0.717) is 16.3 Å². The van der Waals surface area contributed by atoms with Crippen LogP contribution in [0, 0.1) is 15.9 Å². The first-order valence-electron chi connectivity index (χ1n) is 7.48. The van der Waals surface area contributed by atoms with Crippen molar-refractivity contribution in [1.29, 1.82) is 0 Å². The molecule has 0 aliphatic rings. The van der Waals surface area contributed by atoms with E-state index >= 15 is 0 Å². The summed E-state index contributed by atoms with van der Waals surface area (Å²) in [5.41, 5.74) is -1.38. The normalized spacial score (nSPS) is 11.6. The van der Waals surface area contributed by atoms with Crippen LogP contribution in [0.1, 0.15) is 5.56 Å². The predicted octanol–water partition coefficient (Wildman–Crippen LogP) is 5.09. The van der Waals surface area contributed by atoms with E-state index in [0.717, 1.165) is 35.2 Å². The number of amides is 1. The molecule has 0 saturated heterocycles. The first kappa shape index (κ1) is 20.0. The van der Waals surface area contributed by atoms with Crippen molar-refractivity contribution in [3.63, 3.8) is 0 Å². The molecule has 0 aliphatic heterocycles. The van der Waals surface area contributed by atoms with Gasteiger partial charge < -0.3 is 5.32 Å². The summed E-state index contributed by atoms with van der Waals surface area (Å²) in [5.74, 6) is -1.28. The summed E-state index contributed by atoms with van der Waals surface area (Å²) < 4.78 is 51.8. The van der Waals surface area contributed by atoms with Crippen LogP contribution in [0.3, 0.4) is 0 Å². The van der Waals surface area contributed by atoms with Gasteiger partial charge in [-0.3, -0.25) is 14.9 Å². The zero-order valence-electron chi connectivity index (χ0n) is 13.6. The van der Waals surface area contributed by atoms with Crippen LogP contribution in [-0.2, 0) is 11.0 Å². The van der Waals surface area contributed by atoms with Crippen molar-refractivity contribution in [3.05, 3.63) is 57.9 Å². The highest BCUT2D eigenvalue weighted by molar-refractivity contribution is 8.00. The molecule has 12 heteroatoms. The molecule has 1 amide bonds. The molecule has 3 aromatic rings. The molecule has 0 atom stereocenters. The fourth-order valence-electron chi connectivity index (χ4n) is 2.21. The van der Waals surface area contributed by atoms with Gasteiger partial charge in [0.2, 0.25) is 5.91 Å². The number of thiazole rings is 1. The average molecular weight is 431 g/mol. The maximum Gasteiger partial charge on any atom is 0.416 e. The van der Waals surface area contributed by atoms with Crippen LogP contribution in [-0.4, -0.2) is 21.6 Å². The number of nitrogens with one attached hydrogen (secondary N) is 1. The number of carbonyl (C=O) groups is 1. The molecule has 1 heterocycles. The summed E-state index contributed by atoms with van der Waals surface area (Å²) in [6, 6.07) is 6.06. The van der Waals surface area contributed by atoms with Gasteiger partial charge in [-0.25, -0.2) is 9.37 Å². The number of carbonyl (C=O) groups excluding carboxylic acids is 1. The summed E-state index contributed by atoms with van der Waals surface area (Å²) in [5, 5.41) is 13.7. The largest absolute Gasteiger partial charge is 0.416 e. The van der Waals surface area contributed by atoms with E-state index in [9.17, 15) is 32.5 Å². The number of hydrogen-bond donors (Lipinski definition) is 1. The number of alkyl halides is 3. The van der Waals surface area contributed by atoms with Crippen LogP contribution in [0.5, 0.6) is 0 Å². The number of nitro groups is 1. The number of halogens is 4. The zero-order valence-corrected chi connectivity index (χ0v) is 15.3. The molecule has 2 aromatic carbocycles. The number of nitrogens with zero attached hydrogens (tertiary/aromatic N) is 2. The number of anilines is 1. The maximum absolute atomic E-state index is 13.2. The predicted molar refractivity (Wildman–Crippen MR) is 97.0 cm³/mol. The fraction of sp³-hybridized carbons (Fsp3) is 0.125. The lowest BCUT2D eigenvalue weighted by atomic mass is 10.2. The Balaban J connectivity index is 1.70. The second-order valence-electron chi connectivity index (χ2n) is 5.41. The molecule has 6 nitrogen and oxygen atoms in total. The van der Waals surface area contributed by atoms with Gasteiger partial charge in [0, 0.05) is 6.07 Å². The fourth-order valence-corrected chi connectivity index (χ4v) is 3.92. The molecule has 1 N–H and O–H groups in total. The Bertz CT molecular complexity index is 1070. The van der Waals surface area contributed by atoms with Gasteiger partial charge in [0.25, 0.3) is 5.69 Å². The van der Waals surface area contributed by atoms with Crippen LogP contribution in [0.4, 0.5) is 28.4 Å². The van der Waals surface area contributed by atoms with Gasteiger partial charge >= 0.3 is 6.18 Å². The number of fused-ring (bicyclic) bond motifs is 1. The van der Waals surface area contributed by atoms with Crippen LogP contribution < -0.4 is 5.32 Å². The average Bonchev–Trinajstić information content (AvgIpc) is 3.00. The Kier molecular flexibility index (Phi) is 5.52. The molecule has 1 aromatic heterocycles. The molecule has 28 heavy (non-hydrogen) atoms. The van der Waals surface area contributed by atoms with Crippen LogP contribution in [0.15, 0.2) is 41.3 Å². The van der Waals surface area contributed by atoms with Gasteiger partial charge in [-0.05, 0) is 30.3 Å². The molecular formula is C16H9F4N3O3S2. The third kappa shape index (κ3) is 4.57. The molecule has 146 valence electrons. The van der Waals surface area contributed by atoms with E-state index in [-0.39, 0.29) is 15.8 Å². The van der Waals surface area contributed by atoms with Crippen molar-refractivity contribution in [3.8, 4) is 0 Å². The number of benzene rings is 2. The molecule has 0 saturated carbocycles. The van der Waals surface area contributed by atoms with E-state index < -0.39 is 34.1 Å². The van der Waals surface area contributed by atoms with Gasteiger partial charge in [-0.2, -0.15) is 13.2 Å². The monoisotopic (exact) mass is 431 g/mol. The summed E-state index contributed by atoms with van der Waals surface area (Å²) in [6.45, 7) is 0. The minimum absolute atomic E-state index is 0.0699. The Morgan fingerprint density at radius 3 is 2.68 bits per heavy atom. The smallest absolute Gasteiger partial charge is 0.301 e. The number of hydrogen-bond acceptors (Lipinski definition) is 6. The van der Waals surface area contributed by atoms with Crippen LogP contribution in [0.2, 0.25) is 0 Å². The second kappa shape index (κ2) is 7.72. The van der Waals surface area contributed by atoms with Crippen molar-refractivity contribution >= 4 is 50.0 Å². The van der Waals surface area contributed by atoms with Crippen molar-refractivity contribution in [1.82, 2.24) is 4.98 Å². The Labute approximate surface area is 162 Å². The molecule has 0 bridgehead atoms. The molecule has 0 aliphatic carbocycles. The van der Waals surface area contributed by atoms with Crippen molar-refractivity contribution in [2.45, 2.75) is 11.1 Å². The molecule has 0 unspecified atom stereocenters. The molecule has 0 radical (unpaired) electrons. The number of nitro benzene ring substituents is 1. The maximum atomic E-state index is 13.2. The lowest BCUT2D eigenvalue weighted by Gasteiger charge is -2.08. The third-order valence-corrected chi connectivity index (χ3v) is 5.43. The minimum Gasteiger partial charge on any atom is -0.301 e. The lowest BCUT2D eigenvalue weighted by molar-refractivity contribution is -0.388. The van der Waals surface area contributed by atoms with Gasteiger partial charge in [-0.15, -0.1) is 11.8 Å². The molecule has 3 rings (SSSR count). The SMILES string of the molecule is O=C(CSc1ccc(C(F)(F)F)cc1[N+](=O)[O-])Nc1nc2ccc(F)cc2s1. The van der Waals surface area contributed by atoms with E-state index in [1.807, 2.05) is 0 Å². The molecule has 0 spiro atoms. The highest BCUT2D eigenvalue weighted by Gasteiger charge is 2.33. The Hall–Kier alpha value is -2.73. The summed E-state index contributed by atoms with van der Waals surface area (Å²) in [4.78, 5) is 26.2. The quantitative estimate of drug-likeness (QED) is 0.263. The van der Waals surface area contributed by atoms with Gasteiger partial charge in [0.15, 0.2) is 5.13 Å². The first-order chi connectivity index (χ1) is 13.1. The van der Waals surface area contributed by atoms with Crippen molar-refractivity contribution in [2.24, 2.45) is 0 Å². The Morgan fingerprint density at radius 1 is 1.25 bits per heavy atom. The third-order valence-electron chi connectivity index (χ3n) is 3.44. The Morgan fingerprint density at radius 2 is 2.00 bits per heavy atom. The molecule has 0 fully saturated rings. The lowest BCUT2D eigenvalue weighted by Crippen LogP contribution is -2.14. The van der Waals surface area contributed by atoms with Crippen molar-refractivity contribution in [2.75, 3.05) is 11.1 Å². The zero-order chi connectivity index (χ0) is 20.5. The van der Waals surface area contributed by atoms with Crippen LogP contribution >= 0.6 is 23.1 Å². The molecular weight excluding hydrogens is 422 g/mol. The minimum atomic E-state index is -4.71. The van der Waals surface area contributed by atoms with E-state index in [4.69, 9.17) is 0 Å². The van der Waals surface area contributed by atoms with Crippen LogP contribution in [0.25, 0.3) is 10.2 Å². The van der Waals surface area contributed by atoms with E-state index in [2.05, 4.69) is 10.3 Å². The summed E-state index contributed by atoms with van der Waals surface area (Å²) in [6.07, 6.45) is -4.71. The summed E-state index contributed by atoms with van der Waals surface area (Å²) >= 11 is 1.78. The number of thioether (sulfide) groups is 1.